The van der Waals surface area contributed by atoms with Crippen LogP contribution in [0.2, 0.25) is 0 Å². The average Bonchev–Trinajstić information content (AvgIpc) is 2.51. The van der Waals surface area contributed by atoms with Crippen molar-refractivity contribution in [2.45, 2.75) is 44.6 Å². The summed E-state index contributed by atoms with van der Waals surface area (Å²) < 4.78 is 0. The van der Waals surface area contributed by atoms with Gasteiger partial charge in [-0.05, 0) is 43.6 Å². The molecule has 2 atom stereocenters. The fourth-order valence-corrected chi connectivity index (χ4v) is 2.92. The number of hydrogen-bond acceptors (Lipinski definition) is 1. The van der Waals surface area contributed by atoms with Gasteiger partial charge >= 0.3 is 0 Å². The molecule has 2 heteroatoms. The van der Waals surface area contributed by atoms with Crippen molar-refractivity contribution in [1.29, 1.82) is 0 Å². The highest BCUT2D eigenvalue weighted by Crippen LogP contribution is 2.64. The van der Waals surface area contributed by atoms with Crippen molar-refractivity contribution >= 4 is 0 Å². The molecule has 2 fully saturated rings. The van der Waals surface area contributed by atoms with Gasteiger partial charge in [0.1, 0.15) is 0 Å². The van der Waals surface area contributed by atoms with Crippen LogP contribution in [-0.2, 0) is 5.11 Å². The maximum atomic E-state index is 11.6. The van der Waals surface area contributed by atoms with Crippen molar-refractivity contribution in [3.63, 3.8) is 0 Å². The van der Waals surface area contributed by atoms with E-state index in [1.54, 1.807) is 0 Å². The van der Waals surface area contributed by atoms with E-state index in [9.17, 15) is 5.11 Å². The number of nitrogens with two attached hydrogens (primary N) is 1. The Morgan fingerprint density at radius 2 is 2.08 bits per heavy atom. The first-order valence-corrected chi connectivity index (χ1v) is 5.14. The lowest BCUT2D eigenvalue weighted by Crippen LogP contribution is -2.17. The van der Waals surface area contributed by atoms with Gasteiger partial charge in [0, 0.05) is 0 Å². The van der Waals surface area contributed by atoms with Crippen molar-refractivity contribution in [2.75, 3.05) is 6.54 Å². The summed E-state index contributed by atoms with van der Waals surface area (Å²) in [5.74, 6) is 0.489. The zero-order chi connectivity index (χ0) is 8.60. The Bertz CT molecular complexity index is 163. The maximum Gasteiger partial charge on any atom is 0.0975 e. The third-order valence-corrected chi connectivity index (χ3v) is 3.75. The van der Waals surface area contributed by atoms with Gasteiger partial charge < -0.3 is 5.73 Å². The summed E-state index contributed by atoms with van der Waals surface area (Å²) in [6, 6.07) is 0. The highest BCUT2D eigenvalue weighted by atomic mass is 16.3. The Morgan fingerprint density at radius 3 is 2.67 bits per heavy atom. The highest BCUT2D eigenvalue weighted by molar-refractivity contribution is 5.07. The van der Waals surface area contributed by atoms with E-state index in [2.05, 4.69) is 0 Å². The summed E-state index contributed by atoms with van der Waals surface area (Å²) >= 11 is 0. The lowest BCUT2D eigenvalue weighted by Gasteiger charge is -2.11. The zero-order valence-electron chi connectivity index (χ0n) is 7.59. The molecule has 69 valence electrons. The van der Waals surface area contributed by atoms with Gasteiger partial charge in [-0.1, -0.05) is 12.8 Å². The quantitative estimate of drug-likeness (QED) is 0.685. The summed E-state index contributed by atoms with van der Waals surface area (Å²) in [6.07, 6.45) is 6.89. The van der Waals surface area contributed by atoms with Crippen LogP contribution in [0.25, 0.3) is 0 Å². The molecule has 12 heavy (non-hydrogen) atoms. The molecular weight excluding hydrogens is 150 g/mol. The molecule has 2 saturated carbocycles. The molecule has 0 aliphatic heterocycles. The van der Waals surface area contributed by atoms with Crippen molar-refractivity contribution < 1.29 is 5.11 Å². The molecule has 0 aromatic heterocycles. The van der Waals surface area contributed by atoms with E-state index >= 15 is 0 Å². The van der Waals surface area contributed by atoms with E-state index < -0.39 is 0 Å². The molecule has 0 amide bonds. The normalized spacial score (nSPS) is 34.0. The fraction of sp³-hybridized carbons (Fsp3) is 1.00. The predicted molar refractivity (Wildman–Crippen MR) is 47.2 cm³/mol. The van der Waals surface area contributed by atoms with Gasteiger partial charge in [-0.2, -0.15) is 0 Å². The largest absolute Gasteiger partial charge is 0.330 e. The van der Waals surface area contributed by atoms with E-state index in [1.165, 1.54) is 32.1 Å². The van der Waals surface area contributed by atoms with Crippen molar-refractivity contribution in [3.8, 4) is 0 Å². The summed E-state index contributed by atoms with van der Waals surface area (Å²) in [5.41, 5.74) is 5.90. The number of hydrogen-bond donors (Lipinski definition) is 1. The van der Waals surface area contributed by atoms with Gasteiger partial charge in [-0.15, -0.1) is 0 Å². The molecule has 2 nitrogen and oxygen atoms in total. The van der Waals surface area contributed by atoms with Crippen LogP contribution in [0.5, 0.6) is 0 Å². The van der Waals surface area contributed by atoms with Crippen LogP contribution < -0.4 is 5.73 Å². The Hall–Kier alpha value is -0.0800. The van der Waals surface area contributed by atoms with Crippen LogP contribution in [0.15, 0.2) is 0 Å². The lowest BCUT2D eigenvalue weighted by atomic mass is 9.98. The second kappa shape index (κ2) is 3.00. The SMILES string of the molecule is NCCC([O])C1CC12CCCC2. The Morgan fingerprint density at radius 1 is 1.42 bits per heavy atom. The molecule has 1 radical (unpaired) electrons. The van der Waals surface area contributed by atoms with Crippen molar-refractivity contribution in [3.05, 3.63) is 0 Å². The molecule has 2 aliphatic rings. The van der Waals surface area contributed by atoms with E-state index in [-0.39, 0.29) is 6.10 Å². The molecule has 0 heterocycles. The van der Waals surface area contributed by atoms with Gasteiger partial charge in [0.15, 0.2) is 0 Å². The van der Waals surface area contributed by atoms with Crippen LogP contribution in [0.3, 0.4) is 0 Å². The molecule has 2 aliphatic carbocycles. The average molecular weight is 168 g/mol. The van der Waals surface area contributed by atoms with Crippen molar-refractivity contribution in [1.82, 2.24) is 0 Å². The third-order valence-electron chi connectivity index (χ3n) is 3.75. The predicted octanol–water partition coefficient (Wildman–Crippen LogP) is 1.71. The van der Waals surface area contributed by atoms with Gasteiger partial charge in [-0.25, -0.2) is 5.11 Å². The molecule has 0 aromatic rings. The minimum absolute atomic E-state index is 0.354. The first-order valence-electron chi connectivity index (χ1n) is 5.14. The molecule has 2 N–H and O–H groups in total. The first kappa shape index (κ1) is 8.52. The van der Waals surface area contributed by atoms with Gasteiger partial charge in [0.05, 0.1) is 6.10 Å². The molecule has 0 bridgehead atoms. The Labute approximate surface area is 74.1 Å². The second-order valence-corrected chi connectivity index (χ2v) is 4.50. The fourth-order valence-electron chi connectivity index (χ4n) is 2.92. The molecule has 2 unspecified atom stereocenters. The summed E-state index contributed by atoms with van der Waals surface area (Å²) in [5, 5.41) is 11.6. The lowest BCUT2D eigenvalue weighted by molar-refractivity contribution is 0.0515. The third kappa shape index (κ3) is 1.27. The van der Waals surface area contributed by atoms with E-state index in [4.69, 9.17) is 5.73 Å². The van der Waals surface area contributed by atoms with Crippen LogP contribution in [0, 0.1) is 11.3 Å². The van der Waals surface area contributed by atoms with Crippen LogP contribution in [-0.4, -0.2) is 12.6 Å². The highest BCUT2D eigenvalue weighted by Gasteiger charge is 2.57. The minimum Gasteiger partial charge on any atom is -0.330 e. The summed E-state index contributed by atoms with van der Waals surface area (Å²) in [4.78, 5) is 0. The first-order chi connectivity index (χ1) is 5.78. The standard InChI is InChI=1S/C10H18NO/c11-6-3-9(12)8-7-10(8)4-1-2-5-10/h8-9H,1-7,11H2. The zero-order valence-corrected chi connectivity index (χ0v) is 7.59. The van der Waals surface area contributed by atoms with Gasteiger partial charge in [0.2, 0.25) is 0 Å². The molecule has 0 aromatic carbocycles. The van der Waals surface area contributed by atoms with Gasteiger partial charge in [-0.3, -0.25) is 0 Å². The van der Waals surface area contributed by atoms with Crippen LogP contribution in [0.4, 0.5) is 0 Å². The van der Waals surface area contributed by atoms with Crippen LogP contribution in [0.1, 0.15) is 38.5 Å². The van der Waals surface area contributed by atoms with Crippen molar-refractivity contribution in [2.24, 2.45) is 17.1 Å². The summed E-state index contributed by atoms with van der Waals surface area (Å²) in [7, 11) is 0. The number of rotatable bonds is 3. The minimum atomic E-state index is -0.354. The monoisotopic (exact) mass is 168 g/mol. The van der Waals surface area contributed by atoms with E-state index in [0.29, 0.717) is 24.3 Å². The Kier molecular flexibility index (Phi) is 2.13. The molecule has 2 rings (SSSR count). The topological polar surface area (TPSA) is 45.9 Å². The molecular formula is C10H18NO. The summed E-state index contributed by atoms with van der Waals surface area (Å²) in [6.45, 7) is 0.570. The molecule has 1 spiro atoms. The molecule has 0 saturated heterocycles. The Balaban J connectivity index is 1.85. The maximum absolute atomic E-state index is 11.6. The van der Waals surface area contributed by atoms with Gasteiger partial charge in [0.25, 0.3) is 0 Å². The van der Waals surface area contributed by atoms with E-state index in [0.717, 1.165) is 0 Å². The second-order valence-electron chi connectivity index (χ2n) is 4.50. The smallest absolute Gasteiger partial charge is 0.0975 e. The van der Waals surface area contributed by atoms with Crippen LogP contribution >= 0.6 is 0 Å². The van der Waals surface area contributed by atoms with E-state index in [1.807, 2.05) is 0 Å².